The van der Waals surface area contributed by atoms with Crippen LogP contribution in [0, 0.1) is 0 Å². The smallest absolute Gasteiger partial charge is 0.324 e. The summed E-state index contributed by atoms with van der Waals surface area (Å²) in [6.45, 7) is 27.7. The minimum absolute atomic E-state index is 0. The van der Waals surface area contributed by atoms with Gasteiger partial charge in [-0.15, -0.1) is 0 Å². The van der Waals surface area contributed by atoms with E-state index >= 15 is 0 Å². The van der Waals surface area contributed by atoms with Crippen LogP contribution in [0.15, 0.2) is 36.4 Å². The molecule has 0 aliphatic heterocycles. The van der Waals surface area contributed by atoms with Crippen LogP contribution in [0.3, 0.4) is 0 Å². The average Bonchev–Trinajstić information content (AvgIpc) is 3.13. The molecule has 362 valence electrons. The molecule has 0 aliphatic carbocycles. The van der Waals surface area contributed by atoms with E-state index in [0.717, 1.165) is 25.7 Å². The van der Waals surface area contributed by atoms with Crippen LogP contribution in [0.25, 0.3) is 0 Å². The summed E-state index contributed by atoms with van der Waals surface area (Å²) in [6.07, 6.45) is 28.5. The number of unbranched alkanes of at least 4 members (excludes halogenated alkanes) is 20. The van der Waals surface area contributed by atoms with Crippen molar-refractivity contribution in [3.8, 4) is 0 Å². The van der Waals surface area contributed by atoms with E-state index < -0.39 is 15.2 Å². The van der Waals surface area contributed by atoms with Crippen LogP contribution in [-0.4, -0.2) is 77.4 Å². The van der Waals surface area contributed by atoms with E-state index in [1.165, 1.54) is 149 Å². The minimum Gasteiger partial charge on any atom is -0.324 e. The van der Waals surface area contributed by atoms with Gasteiger partial charge in [0.2, 0.25) is 0 Å². The molecule has 0 fully saturated rings. The summed E-state index contributed by atoms with van der Waals surface area (Å²) in [5, 5.41) is 0. The van der Waals surface area contributed by atoms with Crippen molar-refractivity contribution in [1.29, 1.82) is 0 Å². The predicted molar refractivity (Wildman–Crippen MR) is 276 cm³/mol. The van der Waals surface area contributed by atoms with Crippen LogP contribution in [0.5, 0.6) is 0 Å². The molecule has 2 radical (unpaired) electrons. The maximum atomic E-state index is 10.8. The summed E-state index contributed by atoms with van der Waals surface area (Å²) >= 11 is 0. The third-order valence-electron chi connectivity index (χ3n) is 12.4. The normalized spacial score (nSPS) is 12.8. The zero-order valence-corrected chi connectivity index (χ0v) is 48.3. The zero-order valence-electron chi connectivity index (χ0n) is 43.1. The van der Waals surface area contributed by atoms with Crippen LogP contribution in [0.2, 0.25) is 0 Å². The van der Waals surface area contributed by atoms with Crippen molar-refractivity contribution in [3.63, 3.8) is 0 Å². The predicted octanol–water partition coefficient (Wildman–Crippen LogP) is 16.2. The molecule has 0 saturated heterocycles. The fraction of sp³-hybridized carbons (Fsp3) is 0.778. The molecular weight excluding hydrogens is 894 g/mol. The Hall–Kier alpha value is 0.221. The first-order chi connectivity index (χ1) is 28.6. The molecule has 2 aromatic carbocycles. The van der Waals surface area contributed by atoms with E-state index in [9.17, 15) is 9.13 Å². The largest absolute Gasteiger partial charge is 0.325 e. The summed E-state index contributed by atoms with van der Waals surface area (Å²) in [5.74, 6) is 0. The Balaban J connectivity index is 0.00000120. The third kappa shape index (κ3) is 31.8. The van der Waals surface area contributed by atoms with Gasteiger partial charge in [-0.3, -0.25) is 9.13 Å². The van der Waals surface area contributed by atoms with Crippen LogP contribution >= 0.6 is 15.2 Å². The molecule has 0 heterocycles. The Morgan fingerprint density at radius 3 is 0.778 bits per heavy atom. The zero-order chi connectivity index (χ0) is 47.1. The fourth-order valence-electron chi connectivity index (χ4n) is 8.37. The monoisotopic (exact) mass is 993 g/mol. The van der Waals surface area contributed by atoms with Crippen LogP contribution < -0.4 is 0 Å². The van der Waals surface area contributed by atoms with Gasteiger partial charge >= 0.3 is 15.2 Å². The SMILES string of the molecule is CC(C)(C)c1ccc(CCCCCCCCCCCCCP(=O)(O)O)c(C(C)(C)C)c1.CC(C)(C)c1ccc(CCCCCCCCCCCCCP(=O)(O)O)c(C(C)(C)C)c1.[Sr]. The van der Waals surface area contributed by atoms with Crippen molar-refractivity contribution >= 4 is 60.7 Å². The van der Waals surface area contributed by atoms with Gasteiger partial charge in [0, 0.05) is 57.8 Å². The van der Waals surface area contributed by atoms with Gasteiger partial charge in [0.1, 0.15) is 0 Å². The average molecular weight is 993 g/mol. The van der Waals surface area contributed by atoms with E-state index in [4.69, 9.17) is 19.6 Å². The van der Waals surface area contributed by atoms with Crippen molar-refractivity contribution < 1.29 is 28.7 Å². The van der Waals surface area contributed by atoms with Gasteiger partial charge in [-0.1, -0.05) is 235 Å². The number of hydrogen-bond acceptors (Lipinski definition) is 2. The maximum Gasteiger partial charge on any atom is 0.325 e. The van der Waals surface area contributed by atoms with Gasteiger partial charge in [0.25, 0.3) is 0 Å². The van der Waals surface area contributed by atoms with Gasteiger partial charge in [0.05, 0.1) is 0 Å². The fourth-order valence-corrected chi connectivity index (χ4v) is 9.64. The molecule has 0 unspecified atom stereocenters. The number of benzene rings is 2. The second kappa shape index (κ2) is 31.4. The summed E-state index contributed by atoms with van der Waals surface area (Å²) in [6, 6.07) is 14.3. The minimum atomic E-state index is -3.79. The van der Waals surface area contributed by atoms with Crippen molar-refractivity contribution in [2.45, 2.75) is 259 Å². The van der Waals surface area contributed by atoms with Crippen molar-refractivity contribution in [2.24, 2.45) is 0 Å². The van der Waals surface area contributed by atoms with E-state index in [-0.39, 0.29) is 79.5 Å². The third-order valence-corrected chi connectivity index (χ3v) is 14.2. The van der Waals surface area contributed by atoms with Crippen LogP contribution in [0.4, 0.5) is 0 Å². The topological polar surface area (TPSA) is 115 Å². The molecule has 63 heavy (non-hydrogen) atoms. The summed E-state index contributed by atoms with van der Waals surface area (Å²) in [7, 11) is -7.57. The van der Waals surface area contributed by atoms with E-state index in [1.54, 1.807) is 0 Å². The summed E-state index contributed by atoms with van der Waals surface area (Å²) < 4.78 is 21.6. The second-order valence-electron chi connectivity index (χ2n) is 22.8. The van der Waals surface area contributed by atoms with Gasteiger partial charge in [-0.05, 0) is 93.6 Å². The number of aryl methyl sites for hydroxylation is 2. The van der Waals surface area contributed by atoms with Gasteiger partial charge < -0.3 is 19.6 Å². The van der Waals surface area contributed by atoms with E-state index in [1.807, 2.05) is 0 Å². The van der Waals surface area contributed by atoms with Gasteiger partial charge in [-0.2, -0.15) is 0 Å². The van der Waals surface area contributed by atoms with Crippen molar-refractivity contribution in [1.82, 2.24) is 0 Å². The molecule has 0 aromatic heterocycles. The van der Waals surface area contributed by atoms with Gasteiger partial charge in [-0.25, -0.2) is 0 Å². The second-order valence-corrected chi connectivity index (χ2v) is 26.4. The molecule has 0 atom stereocenters. The standard InChI is InChI=1S/2C27H49O3P.Sr/c2*1-26(2,3)24-20-19-23(25(22-24)27(4,5)6)18-16-14-12-10-8-7-9-11-13-15-17-21-31(28,29)30;/h2*19-20,22H,7-18,21H2,1-6H3,(H2,28,29,30);. The summed E-state index contributed by atoms with van der Waals surface area (Å²) in [4.78, 5) is 35.4. The molecule has 2 rings (SSSR count). The Morgan fingerprint density at radius 1 is 0.349 bits per heavy atom. The van der Waals surface area contributed by atoms with Crippen molar-refractivity contribution in [2.75, 3.05) is 12.3 Å². The molecule has 0 amide bonds. The summed E-state index contributed by atoms with van der Waals surface area (Å²) in [5.41, 5.74) is 9.72. The number of rotatable bonds is 28. The van der Waals surface area contributed by atoms with Crippen LogP contribution in [0.1, 0.15) is 258 Å². The first-order valence-electron chi connectivity index (χ1n) is 25.0. The van der Waals surface area contributed by atoms with Crippen LogP contribution in [-0.2, 0) is 43.6 Å². The Bertz CT molecular complexity index is 1480. The number of hydrogen-bond donors (Lipinski definition) is 4. The Kier molecular flexibility index (Phi) is 31.5. The van der Waals surface area contributed by atoms with E-state index in [2.05, 4.69) is 119 Å². The Morgan fingerprint density at radius 2 is 0.571 bits per heavy atom. The maximum absolute atomic E-state index is 10.8. The molecule has 0 spiro atoms. The quantitative estimate of drug-likeness (QED) is 0.0384. The first-order valence-corrected chi connectivity index (χ1v) is 28.6. The van der Waals surface area contributed by atoms with Gasteiger partial charge in [0.15, 0.2) is 0 Å². The molecule has 6 nitrogen and oxygen atoms in total. The molecule has 9 heteroatoms. The molecule has 4 N–H and O–H groups in total. The Labute approximate surface area is 426 Å². The van der Waals surface area contributed by atoms with Crippen molar-refractivity contribution in [3.05, 3.63) is 69.8 Å². The first kappa shape index (κ1) is 63.2. The molecule has 0 aliphatic rings. The molecule has 2 aromatic rings. The molecular formula is C54H98O6P2Sr. The molecule has 0 bridgehead atoms. The molecule has 0 saturated carbocycles. The van der Waals surface area contributed by atoms with E-state index in [0.29, 0.717) is 12.8 Å².